The first-order chi connectivity index (χ1) is 8.26. The zero-order valence-electron chi connectivity index (χ0n) is 10.2. The molecule has 2 aromatic heterocycles. The van der Waals surface area contributed by atoms with Crippen molar-refractivity contribution >= 4 is 10.9 Å². The van der Waals surface area contributed by atoms with Gasteiger partial charge in [0.1, 0.15) is 0 Å². The van der Waals surface area contributed by atoms with Gasteiger partial charge in [-0.2, -0.15) is 0 Å². The van der Waals surface area contributed by atoms with Gasteiger partial charge in [-0.15, -0.1) is 0 Å². The van der Waals surface area contributed by atoms with Crippen molar-refractivity contribution in [3.05, 3.63) is 40.4 Å². The second kappa shape index (κ2) is 5.10. The summed E-state index contributed by atoms with van der Waals surface area (Å²) in [5.74, 6) is 0. The fraction of sp³-hybridized carbons (Fsp3) is 0.385. The van der Waals surface area contributed by atoms with Gasteiger partial charge >= 0.3 is 0 Å². The van der Waals surface area contributed by atoms with E-state index in [0.717, 1.165) is 29.7 Å². The summed E-state index contributed by atoms with van der Waals surface area (Å²) in [5, 5.41) is 4.24. The molecule has 90 valence electrons. The molecule has 2 aromatic rings. The summed E-state index contributed by atoms with van der Waals surface area (Å²) in [4.78, 5) is 16.1. The van der Waals surface area contributed by atoms with E-state index in [9.17, 15) is 4.79 Å². The minimum atomic E-state index is 0.0422. The summed E-state index contributed by atoms with van der Waals surface area (Å²) in [6.45, 7) is 6.36. The summed E-state index contributed by atoms with van der Waals surface area (Å²) < 4.78 is 1.77. The van der Waals surface area contributed by atoms with E-state index in [1.165, 1.54) is 0 Å². The SMILES string of the molecule is CCNCc1cc2c(ccc(=O)n2CC)cn1. The highest BCUT2D eigenvalue weighted by molar-refractivity contribution is 5.78. The predicted octanol–water partition coefficient (Wildman–Crippen LogP) is 1.53. The number of nitrogens with zero attached hydrogens (tertiary/aromatic N) is 2. The van der Waals surface area contributed by atoms with Crippen LogP contribution >= 0.6 is 0 Å². The van der Waals surface area contributed by atoms with Gasteiger partial charge in [0.2, 0.25) is 0 Å². The monoisotopic (exact) mass is 231 g/mol. The molecule has 0 fully saturated rings. The largest absolute Gasteiger partial charge is 0.311 e. The highest BCUT2D eigenvalue weighted by Gasteiger charge is 2.03. The lowest BCUT2D eigenvalue weighted by Crippen LogP contribution is -2.19. The van der Waals surface area contributed by atoms with E-state index >= 15 is 0 Å². The van der Waals surface area contributed by atoms with Crippen LogP contribution in [0.25, 0.3) is 10.9 Å². The molecule has 0 unspecified atom stereocenters. The first kappa shape index (κ1) is 11.8. The van der Waals surface area contributed by atoms with Crippen molar-refractivity contribution in [3.8, 4) is 0 Å². The molecule has 0 saturated heterocycles. The number of nitrogens with one attached hydrogen (secondary N) is 1. The van der Waals surface area contributed by atoms with Gasteiger partial charge in [0.25, 0.3) is 5.56 Å². The molecule has 4 nitrogen and oxygen atoms in total. The van der Waals surface area contributed by atoms with E-state index in [1.807, 2.05) is 25.3 Å². The zero-order valence-corrected chi connectivity index (χ0v) is 10.2. The van der Waals surface area contributed by atoms with Gasteiger partial charge in [-0.3, -0.25) is 9.78 Å². The maximum Gasteiger partial charge on any atom is 0.251 e. The van der Waals surface area contributed by atoms with E-state index in [2.05, 4.69) is 17.2 Å². The Morgan fingerprint density at radius 2 is 2.18 bits per heavy atom. The van der Waals surface area contributed by atoms with E-state index < -0.39 is 0 Å². The van der Waals surface area contributed by atoms with Crippen LogP contribution in [-0.4, -0.2) is 16.1 Å². The molecule has 17 heavy (non-hydrogen) atoms. The van der Waals surface area contributed by atoms with Gasteiger partial charge < -0.3 is 9.88 Å². The smallest absolute Gasteiger partial charge is 0.251 e. The molecule has 0 bridgehead atoms. The molecule has 0 spiro atoms. The molecular weight excluding hydrogens is 214 g/mol. The van der Waals surface area contributed by atoms with Crippen LogP contribution in [0.3, 0.4) is 0 Å². The molecule has 0 aliphatic rings. The molecule has 0 amide bonds. The van der Waals surface area contributed by atoms with Crippen molar-refractivity contribution in [1.82, 2.24) is 14.9 Å². The van der Waals surface area contributed by atoms with Crippen LogP contribution in [0.2, 0.25) is 0 Å². The predicted molar refractivity (Wildman–Crippen MR) is 69.1 cm³/mol. The first-order valence-electron chi connectivity index (χ1n) is 5.95. The Morgan fingerprint density at radius 3 is 2.88 bits per heavy atom. The average Bonchev–Trinajstić information content (AvgIpc) is 2.36. The maximum absolute atomic E-state index is 11.7. The van der Waals surface area contributed by atoms with Gasteiger partial charge in [-0.05, 0) is 25.6 Å². The summed E-state index contributed by atoms with van der Waals surface area (Å²) in [7, 11) is 0. The number of aromatic nitrogens is 2. The van der Waals surface area contributed by atoms with Crippen molar-refractivity contribution in [2.45, 2.75) is 26.9 Å². The van der Waals surface area contributed by atoms with E-state index in [1.54, 1.807) is 10.6 Å². The highest BCUT2D eigenvalue weighted by atomic mass is 16.1. The normalized spacial score (nSPS) is 10.9. The standard InChI is InChI=1S/C13H17N3O/c1-3-14-9-11-7-12-10(8-15-11)5-6-13(17)16(12)4-2/h5-8,14H,3-4,9H2,1-2H3. The molecule has 0 saturated carbocycles. The summed E-state index contributed by atoms with van der Waals surface area (Å²) in [6.07, 6.45) is 1.83. The lowest BCUT2D eigenvalue weighted by atomic mass is 10.2. The van der Waals surface area contributed by atoms with Crippen LogP contribution < -0.4 is 10.9 Å². The van der Waals surface area contributed by atoms with E-state index in [4.69, 9.17) is 0 Å². The Bertz CT molecular complexity index is 574. The third-order valence-electron chi connectivity index (χ3n) is 2.80. The first-order valence-corrected chi connectivity index (χ1v) is 5.95. The van der Waals surface area contributed by atoms with E-state index in [0.29, 0.717) is 6.54 Å². The van der Waals surface area contributed by atoms with Crippen molar-refractivity contribution in [1.29, 1.82) is 0 Å². The molecule has 0 aromatic carbocycles. The number of fused-ring (bicyclic) bond motifs is 1. The van der Waals surface area contributed by atoms with Crippen LogP contribution in [0.5, 0.6) is 0 Å². The van der Waals surface area contributed by atoms with Crippen molar-refractivity contribution in [2.24, 2.45) is 0 Å². The van der Waals surface area contributed by atoms with Crippen LogP contribution in [0.1, 0.15) is 19.5 Å². The number of aryl methyl sites for hydroxylation is 1. The Labute approximate surface area is 100 Å². The van der Waals surface area contributed by atoms with Crippen molar-refractivity contribution in [3.63, 3.8) is 0 Å². The molecule has 0 aliphatic carbocycles. The molecule has 0 atom stereocenters. The molecule has 1 N–H and O–H groups in total. The summed E-state index contributed by atoms with van der Waals surface area (Å²) in [5.41, 5.74) is 1.97. The van der Waals surface area contributed by atoms with Crippen molar-refractivity contribution < 1.29 is 0 Å². The Balaban J connectivity index is 2.53. The molecule has 0 aliphatic heterocycles. The number of pyridine rings is 2. The Morgan fingerprint density at radius 1 is 1.35 bits per heavy atom. The topological polar surface area (TPSA) is 46.9 Å². The lowest BCUT2D eigenvalue weighted by molar-refractivity contribution is 0.708. The molecule has 2 heterocycles. The number of hydrogen-bond donors (Lipinski definition) is 1. The Hall–Kier alpha value is -1.68. The minimum Gasteiger partial charge on any atom is -0.311 e. The number of rotatable bonds is 4. The average molecular weight is 231 g/mol. The van der Waals surface area contributed by atoms with Gasteiger partial charge in [0.15, 0.2) is 0 Å². The van der Waals surface area contributed by atoms with Crippen molar-refractivity contribution in [2.75, 3.05) is 6.54 Å². The maximum atomic E-state index is 11.7. The highest BCUT2D eigenvalue weighted by Crippen LogP contribution is 2.12. The quantitative estimate of drug-likeness (QED) is 0.868. The Kier molecular flexibility index (Phi) is 3.54. The van der Waals surface area contributed by atoms with Gasteiger partial charge in [-0.25, -0.2) is 0 Å². The fourth-order valence-corrected chi connectivity index (χ4v) is 1.90. The second-order valence-corrected chi connectivity index (χ2v) is 3.93. The van der Waals surface area contributed by atoms with Crippen LogP contribution in [0.15, 0.2) is 29.2 Å². The van der Waals surface area contributed by atoms with Gasteiger partial charge in [0.05, 0.1) is 11.2 Å². The van der Waals surface area contributed by atoms with E-state index in [-0.39, 0.29) is 5.56 Å². The third kappa shape index (κ3) is 2.36. The molecule has 2 rings (SSSR count). The summed E-state index contributed by atoms with van der Waals surface area (Å²) >= 11 is 0. The van der Waals surface area contributed by atoms with Crippen LogP contribution in [-0.2, 0) is 13.1 Å². The summed E-state index contributed by atoms with van der Waals surface area (Å²) in [6, 6.07) is 5.41. The molecule has 4 heteroatoms. The number of hydrogen-bond acceptors (Lipinski definition) is 3. The van der Waals surface area contributed by atoms with Crippen LogP contribution in [0.4, 0.5) is 0 Å². The minimum absolute atomic E-state index is 0.0422. The zero-order chi connectivity index (χ0) is 12.3. The third-order valence-corrected chi connectivity index (χ3v) is 2.80. The molecule has 0 radical (unpaired) electrons. The molecular formula is C13H17N3O. The second-order valence-electron chi connectivity index (χ2n) is 3.93. The fourth-order valence-electron chi connectivity index (χ4n) is 1.90. The van der Waals surface area contributed by atoms with Gasteiger partial charge in [0, 0.05) is 30.7 Å². The van der Waals surface area contributed by atoms with Gasteiger partial charge in [-0.1, -0.05) is 6.92 Å². The lowest BCUT2D eigenvalue weighted by Gasteiger charge is -2.09. The van der Waals surface area contributed by atoms with Crippen LogP contribution in [0, 0.1) is 0 Å².